The average Bonchev–Trinajstić information content (AvgIpc) is 2.38. The van der Waals surface area contributed by atoms with Gasteiger partial charge in [0.1, 0.15) is 6.61 Å². The fourth-order valence-electron chi connectivity index (χ4n) is 1.30. The number of hydrogen-bond donors (Lipinski definition) is 0. The summed E-state index contributed by atoms with van der Waals surface area (Å²) in [7, 11) is 1.22. The van der Waals surface area contributed by atoms with Gasteiger partial charge in [0.05, 0.1) is 19.4 Å². The summed E-state index contributed by atoms with van der Waals surface area (Å²) >= 11 is 1.60. The summed E-state index contributed by atoms with van der Waals surface area (Å²) in [6, 6.07) is 0. The first-order chi connectivity index (χ1) is 8.63. The van der Waals surface area contributed by atoms with Crippen LogP contribution in [-0.2, 0) is 23.9 Å². The van der Waals surface area contributed by atoms with Crippen LogP contribution in [0.4, 0.5) is 0 Å². The fourth-order valence-corrected chi connectivity index (χ4v) is 2.15. The molecule has 0 aromatic heterocycles. The lowest BCUT2D eigenvalue weighted by molar-refractivity contribution is -0.141. The second-order valence-electron chi connectivity index (χ2n) is 3.46. The molecule has 0 N–H and O–H groups in total. The van der Waals surface area contributed by atoms with Crippen LogP contribution in [0.15, 0.2) is 12.2 Å². The molecule has 6 nitrogen and oxygen atoms in total. The molecular formula is C11H15NO5S. The molecule has 1 amide bonds. The number of carbonyl (C=O) groups is 3. The van der Waals surface area contributed by atoms with E-state index in [9.17, 15) is 14.4 Å². The highest BCUT2D eigenvalue weighted by Gasteiger charge is 2.17. The first-order valence-corrected chi connectivity index (χ1v) is 6.57. The van der Waals surface area contributed by atoms with Gasteiger partial charge in [-0.3, -0.25) is 4.79 Å². The van der Waals surface area contributed by atoms with Crippen molar-refractivity contribution in [3.05, 3.63) is 12.2 Å². The third-order valence-electron chi connectivity index (χ3n) is 2.25. The van der Waals surface area contributed by atoms with E-state index in [2.05, 4.69) is 4.74 Å². The molecule has 1 aliphatic heterocycles. The zero-order valence-corrected chi connectivity index (χ0v) is 10.9. The molecule has 0 spiro atoms. The minimum absolute atomic E-state index is 0.0624. The second-order valence-corrected chi connectivity index (χ2v) is 4.56. The molecule has 0 radical (unpaired) electrons. The van der Waals surface area contributed by atoms with Crippen LogP contribution in [0, 0.1) is 0 Å². The fraction of sp³-hybridized carbons (Fsp3) is 0.545. The van der Waals surface area contributed by atoms with Crippen molar-refractivity contribution in [2.24, 2.45) is 0 Å². The first kappa shape index (κ1) is 14.6. The first-order valence-electron chi connectivity index (χ1n) is 5.42. The minimum atomic E-state index is -0.626. The molecule has 0 aromatic carbocycles. The smallest absolute Gasteiger partial charge is 0.331 e. The Bertz CT molecular complexity index is 355. The summed E-state index contributed by atoms with van der Waals surface area (Å²) in [5.41, 5.74) is 0. The highest BCUT2D eigenvalue weighted by molar-refractivity contribution is 8.00. The van der Waals surface area contributed by atoms with Gasteiger partial charge in [-0.1, -0.05) is 0 Å². The van der Waals surface area contributed by atoms with E-state index >= 15 is 0 Å². The Kier molecular flexibility index (Phi) is 6.27. The lowest BCUT2D eigenvalue weighted by atomic mass is 10.4. The quantitative estimate of drug-likeness (QED) is 0.512. The molecule has 0 saturated carbocycles. The maximum atomic E-state index is 11.4. The molecule has 100 valence electrons. The third kappa shape index (κ3) is 5.22. The van der Waals surface area contributed by atoms with Crippen molar-refractivity contribution in [1.82, 2.24) is 4.90 Å². The monoisotopic (exact) mass is 273 g/mol. The molecule has 1 fully saturated rings. The molecule has 1 saturated heterocycles. The number of ether oxygens (including phenoxy) is 2. The zero-order valence-electron chi connectivity index (χ0n) is 10.1. The molecule has 0 bridgehead atoms. The summed E-state index contributed by atoms with van der Waals surface area (Å²) in [5, 5.41) is 0. The number of carbonyl (C=O) groups excluding carboxylic acids is 3. The van der Waals surface area contributed by atoms with Crippen molar-refractivity contribution >= 4 is 29.6 Å². The van der Waals surface area contributed by atoms with E-state index in [4.69, 9.17) is 4.74 Å². The van der Waals surface area contributed by atoms with Crippen LogP contribution in [-0.4, -0.2) is 61.1 Å². The topological polar surface area (TPSA) is 72.9 Å². The van der Waals surface area contributed by atoms with Gasteiger partial charge < -0.3 is 14.4 Å². The maximum absolute atomic E-state index is 11.4. The molecule has 1 heterocycles. The van der Waals surface area contributed by atoms with E-state index < -0.39 is 11.9 Å². The Balaban J connectivity index is 2.20. The number of hydrogen-bond acceptors (Lipinski definition) is 6. The van der Waals surface area contributed by atoms with Crippen LogP contribution in [0.2, 0.25) is 0 Å². The van der Waals surface area contributed by atoms with Crippen molar-refractivity contribution in [2.45, 2.75) is 0 Å². The van der Waals surface area contributed by atoms with Crippen LogP contribution in [0.25, 0.3) is 0 Å². The molecule has 7 heteroatoms. The number of rotatable bonds is 5. The van der Waals surface area contributed by atoms with Crippen LogP contribution >= 0.6 is 11.8 Å². The van der Waals surface area contributed by atoms with Gasteiger partial charge in [-0.25, -0.2) is 9.59 Å². The van der Waals surface area contributed by atoms with Gasteiger partial charge in [0, 0.05) is 24.4 Å². The largest absolute Gasteiger partial charge is 0.466 e. The van der Waals surface area contributed by atoms with Gasteiger partial charge in [-0.15, -0.1) is 0 Å². The average molecular weight is 273 g/mol. The SMILES string of the molecule is COC(=O)/C=C/C(=O)OCCN1CCSCC1=O. The number of amides is 1. The van der Waals surface area contributed by atoms with E-state index in [1.165, 1.54) is 7.11 Å². The van der Waals surface area contributed by atoms with Gasteiger partial charge in [0.15, 0.2) is 0 Å². The van der Waals surface area contributed by atoms with Crippen LogP contribution in [0.5, 0.6) is 0 Å². The van der Waals surface area contributed by atoms with Crippen molar-refractivity contribution < 1.29 is 23.9 Å². The Hall–Kier alpha value is -1.50. The number of esters is 2. The Labute approximate surface area is 109 Å². The van der Waals surface area contributed by atoms with Gasteiger partial charge in [-0.2, -0.15) is 11.8 Å². The summed E-state index contributed by atoms with van der Waals surface area (Å²) in [6.07, 6.45) is 1.99. The normalized spacial score (nSPS) is 15.8. The zero-order chi connectivity index (χ0) is 13.4. The standard InChI is InChI=1S/C11H15NO5S/c1-16-10(14)2-3-11(15)17-6-4-12-5-7-18-8-9(12)13/h2-3H,4-8H2,1H3/b3-2+. The van der Waals surface area contributed by atoms with E-state index in [0.29, 0.717) is 18.8 Å². The van der Waals surface area contributed by atoms with Crippen molar-refractivity contribution in [3.8, 4) is 0 Å². The highest BCUT2D eigenvalue weighted by Crippen LogP contribution is 2.09. The van der Waals surface area contributed by atoms with Crippen molar-refractivity contribution in [3.63, 3.8) is 0 Å². The summed E-state index contributed by atoms with van der Waals surface area (Å²) in [4.78, 5) is 34.9. The molecular weight excluding hydrogens is 258 g/mol. The van der Waals surface area contributed by atoms with E-state index in [1.54, 1.807) is 16.7 Å². The predicted octanol–water partition coefficient (Wildman–Crippen LogP) is -0.166. The number of nitrogens with zero attached hydrogens (tertiary/aromatic N) is 1. The molecule has 0 aliphatic carbocycles. The second kappa shape index (κ2) is 7.75. The van der Waals surface area contributed by atoms with Crippen LogP contribution < -0.4 is 0 Å². The van der Waals surface area contributed by atoms with Gasteiger partial charge in [-0.05, 0) is 0 Å². The summed E-state index contributed by atoms with van der Waals surface area (Å²) < 4.78 is 9.18. The molecule has 0 aromatic rings. The van der Waals surface area contributed by atoms with Gasteiger partial charge in [0.25, 0.3) is 0 Å². The van der Waals surface area contributed by atoms with Gasteiger partial charge in [0.2, 0.25) is 5.91 Å². The van der Waals surface area contributed by atoms with Gasteiger partial charge >= 0.3 is 11.9 Å². The predicted molar refractivity (Wildman–Crippen MR) is 66.0 cm³/mol. The Morgan fingerprint density at radius 2 is 2.11 bits per heavy atom. The molecule has 0 unspecified atom stereocenters. The van der Waals surface area contributed by atoms with Crippen molar-refractivity contribution in [2.75, 3.05) is 38.3 Å². The van der Waals surface area contributed by atoms with Crippen LogP contribution in [0.3, 0.4) is 0 Å². The molecule has 1 aliphatic rings. The number of methoxy groups -OCH3 is 1. The third-order valence-corrected chi connectivity index (χ3v) is 3.17. The van der Waals surface area contributed by atoms with E-state index in [1.807, 2.05) is 0 Å². The Morgan fingerprint density at radius 1 is 1.39 bits per heavy atom. The molecule has 18 heavy (non-hydrogen) atoms. The van der Waals surface area contributed by atoms with Crippen LogP contribution in [0.1, 0.15) is 0 Å². The summed E-state index contributed by atoms with van der Waals surface area (Å²) in [5.74, 6) is 0.208. The summed E-state index contributed by atoms with van der Waals surface area (Å²) in [6.45, 7) is 1.19. The minimum Gasteiger partial charge on any atom is -0.466 e. The molecule has 1 rings (SSSR count). The highest BCUT2D eigenvalue weighted by atomic mass is 32.2. The lowest BCUT2D eigenvalue weighted by Gasteiger charge is -2.25. The van der Waals surface area contributed by atoms with E-state index in [-0.39, 0.29) is 12.5 Å². The molecule has 0 atom stereocenters. The van der Waals surface area contributed by atoms with Crippen molar-refractivity contribution in [1.29, 1.82) is 0 Å². The Morgan fingerprint density at radius 3 is 2.78 bits per heavy atom. The lowest BCUT2D eigenvalue weighted by Crippen LogP contribution is -2.40. The van der Waals surface area contributed by atoms with E-state index in [0.717, 1.165) is 17.9 Å². The maximum Gasteiger partial charge on any atom is 0.331 e. The number of thioether (sulfide) groups is 1.